The first-order valence-corrected chi connectivity index (χ1v) is 4.80. The van der Waals surface area contributed by atoms with Crippen LogP contribution in [0.15, 0.2) is 30.5 Å². The number of hydrogen-bond acceptors (Lipinski definition) is 4. The van der Waals surface area contributed by atoms with Crippen LogP contribution in [-0.2, 0) is 7.05 Å². The molecule has 0 spiro atoms. The quantitative estimate of drug-likeness (QED) is 0.855. The molecule has 5 heteroatoms. The molecule has 0 saturated carbocycles. The smallest absolute Gasteiger partial charge is 0.261 e. The molecule has 0 aliphatic rings. The van der Waals surface area contributed by atoms with Crippen molar-refractivity contribution in [3.05, 3.63) is 30.5 Å². The maximum absolute atomic E-state index is 5.73. The number of nitrogens with two attached hydrogens (primary N) is 1. The van der Waals surface area contributed by atoms with E-state index in [2.05, 4.69) is 5.10 Å². The number of anilines is 1. The summed E-state index contributed by atoms with van der Waals surface area (Å²) in [6.07, 6.45) is 1.69. The Labute approximate surface area is 93.4 Å². The molecule has 0 fully saturated rings. The third-order valence-electron chi connectivity index (χ3n) is 2.10. The van der Waals surface area contributed by atoms with E-state index in [4.69, 9.17) is 15.2 Å². The molecule has 1 aromatic carbocycles. The molecule has 2 rings (SSSR count). The summed E-state index contributed by atoms with van der Waals surface area (Å²) in [6, 6.07) is 7.34. The van der Waals surface area contributed by atoms with E-state index in [1.807, 2.05) is 18.2 Å². The minimum absolute atomic E-state index is 0.381. The molecule has 0 amide bonds. The van der Waals surface area contributed by atoms with Crippen LogP contribution < -0.4 is 15.2 Å². The Kier molecular flexibility index (Phi) is 2.68. The number of para-hydroxylation sites is 2. The molecule has 2 aromatic rings. The monoisotopic (exact) mass is 219 g/mol. The Hall–Kier alpha value is -2.17. The minimum Gasteiger partial charge on any atom is -0.493 e. The van der Waals surface area contributed by atoms with Crippen LogP contribution >= 0.6 is 0 Å². The molecule has 0 saturated heterocycles. The van der Waals surface area contributed by atoms with Gasteiger partial charge in [-0.3, -0.25) is 4.68 Å². The second-order valence-electron chi connectivity index (χ2n) is 3.32. The first kappa shape index (κ1) is 10.4. The topological polar surface area (TPSA) is 62.3 Å². The number of aryl methyl sites for hydroxylation is 1. The van der Waals surface area contributed by atoms with E-state index in [1.54, 1.807) is 31.1 Å². The summed E-state index contributed by atoms with van der Waals surface area (Å²) < 4.78 is 12.3. The molecule has 0 aliphatic carbocycles. The van der Waals surface area contributed by atoms with Crippen molar-refractivity contribution in [1.82, 2.24) is 9.78 Å². The van der Waals surface area contributed by atoms with Crippen LogP contribution in [0.2, 0.25) is 0 Å². The molecule has 0 bridgehead atoms. The summed E-state index contributed by atoms with van der Waals surface area (Å²) in [4.78, 5) is 0. The van der Waals surface area contributed by atoms with Crippen molar-refractivity contribution >= 4 is 5.69 Å². The van der Waals surface area contributed by atoms with E-state index in [-0.39, 0.29) is 0 Å². The molecule has 5 nitrogen and oxygen atoms in total. The van der Waals surface area contributed by atoms with E-state index in [1.165, 1.54) is 0 Å². The summed E-state index contributed by atoms with van der Waals surface area (Å²) >= 11 is 0. The maximum atomic E-state index is 5.73. The fraction of sp³-hybridized carbons (Fsp3) is 0.182. The largest absolute Gasteiger partial charge is 0.493 e. The molecular weight excluding hydrogens is 206 g/mol. The molecule has 0 unspecified atom stereocenters. The molecule has 2 N–H and O–H groups in total. The zero-order valence-corrected chi connectivity index (χ0v) is 9.18. The number of rotatable bonds is 3. The van der Waals surface area contributed by atoms with Gasteiger partial charge in [0, 0.05) is 7.05 Å². The molecule has 0 radical (unpaired) electrons. The zero-order chi connectivity index (χ0) is 11.5. The van der Waals surface area contributed by atoms with Crippen LogP contribution in [0.1, 0.15) is 0 Å². The number of hydrogen-bond donors (Lipinski definition) is 1. The fourth-order valence-electron chi connectivity index (χ4n) is 1.37. The molecular formula is C11H13N3O2. The third-order valence-corrected chi connectivity index (χ3v) is 2.10. The van der Waals surface area contributed by atoms with Crippen molar-refractivity contribution in [3.63, 3.8) is 0 Å². The van der Waals surface area contributed by atoms with Gasteiger partial charge in [-0.15, -0.1) is 5.10 Å². The SMILES string of the molecule is COc1ccccc1Oc1nn(C)cc1N. The number of ether oxygens (including phenoxy) is 2. The van der Waals surface area contributed by atoms with Gasteiger partial charge in [0.1, 0.15) is 5.69 Å². The van der Waals surface area contributed by atoms with E-state index >= 15 is 0 Å². The molecule has 1 aromatic heterocycles. The number of aromatic nitrogens is 2. The van der Waals surface area contributed by atoms with Crippen LogP contribution in [-0.4, -0.2) is 16.9 Å². The van der Waals surface area contributed by atoms with Crippen LogP contribution in [0.4, 0.5) is 5.69 Å². The van der Waals surface area contributed by atoms with Crippen molar-refractivity contribution in [3.8, 4) is 17.4 Å². The lowest BCUT2D eigenvalue weighted by atomic mass is 10.3. The molecule has 16 heavy (non-hydrogen) atoms. The Morgan fingerprint density at radius 2 is 1.94 bits per heavy atom. The highest BCUT2D eigenvalue weighted by Gasteiger charge is 2.09. The van der Waals surface area contributed by atoms with E-state index in [0.717, 1.165) is 0 Å². The first-order chi connectivity index (χ1) is 7.70. The Morgan fingerprint density at radius 1 is 1.25 bits per heavy atom. The van der Waals surface area contributed by atoms with Gasteiger partial charge < -0.3 is 15.2 Å². The second-order valence-corrected chi connectivity index (χ2v) is 3.32. The van der Waals surface area contributed by atoms with Crippen LogP contribution in [0.5, 0.6) is 17.4 Å². The predicted octanol–water partition coefficient (Wildman–Crippen LogP) is 1.80. The lowest BCUT2D eigenvalue weighted by Gasteiger charge is -2.07. The van der Waals surface area contributed by atoms with Crippen LogP contribution in [0.3, 0.4) is 0 Å². The Balaban J connectivity index is 2.30. The summed E-state index contributed by atoms with van der Waals surface area (Å²) in [5.74, 6) is 1.62. The highest BCUT2D eigenvalue weighted by atomic mass is 16.5. The summed E-state index contributed by atoms with van der Waals surface area (Å²) in [7, 11) is 3.37. The lowest BCUT2D eigenvalue weighted by Crippen LogP contribution is -1.93. The van der Waals surface area contributed by atoms with Gasteiger partial charge >= 0.3 is 0 Å². The van der Waals surface area contributed by atoms with Crippen molar-refractivity contribution in [1.29, 1.82) is 0 Å². The van der Waals surface area contributed by atoms with Gasteiger partial charge in [-0.25, -0.2) is 0 Å². The molecule has 0 aliphatic heterocycles. The van der Waals surface area contributed by atoms with Gasteiger partial charge in [-0.1, -0.05) is 12.1 Å². The standard InChI is InChI=1S/C11H13N3O2/c1-14-7-8(12)11(13-14)16-10-6-4-3-5-9(10)15-2/h3-7H,12H2,1-2H3. The van der Waals surface area contributed by atoms with Crippen molar-refractivity contribution < 1.29 is 9.47 Å². The number of methoxy groups -OCH3 is 1. The average molecular weight is 219 g/mol. The molecule has 0 atom stereocenters. The number of nitrogen functional groups attached to an aromatic ring is 1. The Bertz CT molecular complexity index is 494. The highest BCUT2D eigenvalue weighted by Crippen LogP contribution is 2.32. The van der Waals surface area contributed by atoms with Crippen LogP contribution in [0.25, 0.3) is 0 Å². The number of nitrogens with zero attached hydrogens (tertiary/aromatic N) is 2. The summed E-state index contributed by atoms with van der Waals surface area (Å²) in [6.45, 7) is 0. The number of benzene rings is 1. The van der Waals surface area contributed by atoms with E-state index in [0.29, 0.717) is 23.1 Å². The summed E-state index contributed by atoms with van der Waals surface area (Å²) in [5, 5.41) is 4.09. The van der Waals surface area contributed by atoms with Gasteiger partial charge in [0.25, 0.3) is 5.88 Å². The van der Waals surface area contributed by atoms with Gasteiger partial charge in [0.2, 0.25) is 0 Å². The van der Waals surface area contributed by atoms with Gasteiger partial charge in [0.05, 0.1) is 13.3 Å². The minimum atomic E-state index is 0.381. The second kappa shape index (κ2) is 4.14. The van der Waals surface area contributed by atoms with Crippen molar-refractivity contribution in [2.24, 2.45) is 7.05 Å². The lowest BCUT2D eigenvalue weighted by molar-refractivity contribution is 0.373. The fourth-order valence-corrected chi connectivity index (χ4v) is 1.37. The Morgan fingerprint density at radius 3 is 2.50 bits per heavy atom. The van der Waals surface area contributed by atoms with E-state index in [9.17, 15) is 0 Å². The molecule has 1 heterocycles. The molecule has 84 valence electrons. The highest BCUT2D eigenvalue weighted by molar-refractivity contribution is 5.50. The van der Waals surface area contributed by atoms with Crippen LogP contribution in [0, 0.1) is 0 Å². The maximum Gasteiger partial charge on any atom is 0.261 e. The zero-order valence-electron chi connectivity index (χ0n) is 9.18. The normalized spacial score (nSPS) is 10.1. The van der Waals surface area contributed by atoms with Gasteiger partial charge in [-0.2, -0.15) is 0 Å². The summed E-state index contributed by atoms with van der Waals surface area (Å²) in [5.41, 5.74) is 6.23. The van der Waals surface area contributed by atoms with Gasteiger partial charge in [0.15, 0.2) is 11.5 Å². The van der Waals surface area contributed by atoms with Gasteiger partial charge in [-0.05, 0) is 12.1 Å². The first-order valence-electron chi connectivity index (χ1n) is 4.80. The predicted molar refractivity (Wildman–Crippen MR) is 60.7 cm³/mol. The van der Waals surface area contributed by atoms with E-state index < -0.39 is 0 Å². The van der Waals surface area contributed by atoms with Crippen molar-refractivity contribution in [2.45, 2.75) is 0 Å². The third kappa shape index (κ3) is 1.93. The van der Waals surface area contributed by atoms with Crippen molar-refractivity contribution in [2.75, 3.05) is 12.8 Å². The average Bonchev–Trinajstić information content (AvgIpc) is 2.58.